The molecule has 96 valence electrons. The molecule has 0 N–H and O–H groups in total. The molecule has 1 aromatic heterocycles. The number of nitro groups is 1. The van der Waals surface area contributed by atoms with E-state index in [0.29, 0.717) is 0 Å². The number of hydrogen-bond acceptors (Lipinski definition) is 5. The maximum atomic E-state index is 11.5. The van der Waals surface area contributed by atoms with Gasteiger partial charge in [0.2, 0.25) is 0 Å². The van der Waals surface area contributed by atoms with Crippen LogP contribution >= 0.6 is 11.3 Å². The van der Waals surface area contributed by atoms with Gasteiger partial charge >= 0.3 is 5.97 Å². The molecule has 6 heteroatoms. The van der Waals surface area contributed by atoms with Gasteiger partial charge in [-0.05, 0) is 29.7 Å². The molecule has 0 saturated carbocycles. The highest BCUT2D eigenvalue weighted by atomic mass is 32.1. The van der Waals surface area contributed by atoms with Crippen LogP contribution < -0.4 is 4.74 Å². The van der Waals surface area contributed by atoms with Gasteiger partial charge in [-0.2, -0.15) is 0 Å². The minimum absolute atomic E-state index is 0.0473. The summed E-state index contributed by atoms with van der Waals surface area (Å²) in [6, 6.07) is 9.09. The number of esters is 1. The predicted molar refractivity (Wildman–Crippen MR) is 72.1 cm³/mol. The number of thiophene rings is 1. The maximum Gasteiger partial charge on any atom is 0.336 e. The van der Waals surface area contributed by atoms with Gasteiger partial charge in [0, 0.05) is 23.1 Å². The van der Waals surface area contributed by atoms with Crippen molar-refractivity contribution in [1.82, 2.24) is 0 Å². The second kappa shape index (κ2) is 5.92. The number of nitro benzene ring substituents is 1. The fourth-order valence-electron chi connectivity index (χ4n) is 1.32. The summed E-state index contributed by atoms with van der Waals surface area (Å²) in [4.78, 5) is 22.4. The van der Waals surface area contributed by atoms with Crippen molar-refractivity contribution in [2.24, 2.45) is 0 Å². The van der Waals surface area contributed by atoms with Crippen molar-refractivity contribution in [3.63, 3.8) is 0 Å². The van der Waals surface area contributed by atoms with E-state index in [2.05, 4.69) is 0 Å². The topological polar surface area (TPSA) is 69.4 Å². The van der Waals surface area contributed by atoms with Crippen LogP contribution in [0.15, 0.2) is 47.9 Å². The first-order chi connectivity index (χ1) is 9.15. The summed E-state index contributed by atoms with van der Waals surface area (Å²) < 4.78 is 5.00. The van der Waals surface area contributed by atoms with Gasteiger partial charge in [0.1, 0.15) is 5.75 Å². The van der Waals surface area contributed by atoms with Crippen molar-refractivity contribution in [3.8, 4) is 5.75 Å². The monoisotopic (exact) mass is 275 g/mol. The molecule has 1 aromatic carbocycles. The van der Waals surface area contributed by atoms with E-state index in [1.807, 2.05) is 17.5 Å². The molecule has 0 bridgehead atoms. The average molecular weight is 275 g/mol. The standard InChI is InChI=1S/C13H9NO4S/c15-13(8-7-12-2-1-9-19-12)18-11-5-3-10(4-6-11)14(16)17/h1-9H. The first kappa shape index (κ1) is 13.0. The minimum Gasteiger partial charge on any atom is -0.423 e. The second-order valence-corrected chi connectivity index (χ2v) is 4.50. The van der Waals surface area contributed by atoms with Crippen molar-refractivity contribution < 1.29 is 14.5 Å². The van der Waals surface area contributed by atoms with Crippen LogP contribution in [0.1, 0.15) is 4.88 Å². The fourth-order valence-corrected chi connectivity index (χ4v) is 1.94. The van der Waals surface area contributed by atoms with Gasteiger partial charge in [-0.3, -0.25) is 10.1 Å². The van der Waals surface area contributed by atoms with E-state index in [9.17, 15) is 14.9 Å². The molecule has 0 aliphatic rings. The van der Waals surface area contributed by atoms with Gasteiger partial charge in [0.25, 0.3) is 5.69 Å². The van der Waals surface area contributed by atoms with Gasteiger partial charge in [-0.25, -0.2) is 4.79 Å². The summed E-state index contributed by atoms with van der Waals surface area (Å²) in [6.07, 6.45) is 2.96. The number of rotatable bonds is 4. The van der Waals surface area contributed by atoms with E-state index in [0.717, 1.165) is 4.88 Å². The van der Waals surface area contributed by atoms with Crippen LogP contribution in [0.25, 0.3) is 6.08 Å². The summed E-state index contributed by atoms with van der Waals surface area (Å²) in [5.41, 5.74) is -0.0473. The lowest BCUT2D eigenvalue weighted by molar-refractivity contribution is -0.384. The molecule has 2 aromatic rings. The number of carbonyl (C=O) groups is 1. The summed E-state index contributed by atoms with van der Waals surface area (Å²) in [6.45, 7) is 0. The van der Waals surface area contributed by atoms with Gasteiger partial charge < -0.3 is 4.74 Å². The highest BCUT2D eigenvalue weighted by molar-refractivity contribution is 7.10. The second-order valence-electron chi connectivity index (χ2n) is 3.52. The van der Waals surface area contributed by atoms with Crippen LogP contribution in [0.5, 0.6) is 5.75 Å². The normalized spacial score (nSPS) is 10.5. The molecule has 1 heterocycles. The zero-order valence-electron chi connectivity index (χ0n) is 9.68. The Kier molecular flexibility index (Phi) is 4.04. The van der Waals surface area contributed by atoms with E-state index >= 15 is 0 Å². The molecule has 0 fully saturated rings. The molecule has 19 heavy (non-hydrogen) atoms. The number of non-ortho nitro benzene ring substituents is 1. The molecule has 2 rings (SSSR count). The number of benzene rings is 1. The molecule has 0 atom stereocenters. The molecule has 0 aliphatic heterocycles. The first-order valence-corrected chi connectivity index (χ1v) is 6.21. The van der Waals surface area contributed by atoms with Crippen LogP contribution in [0.3, 0.4) is 0 Å². The largest absolute Gasteiger partial charge is 0.423 e. The smallest absolute Gasteiger partial charge is 0.336 e. The third-order valence-corrected chi connectivity index (χ3v) is 3.03. The summed E-state index contributed by atoms with van der Waals surface area (Å²) in [5, 5.41) is 12.4. The average Bonchev–Trinajstić information content (AvgIpc) is 2.90. The molecular formula is C13H9NO4S. The Morgan fingerprint density at radius 1 is 1.26 bits per heavy atom. The lowest BCUT2D eigenvalue weighted by atomic mass is 10.3. The van der Waals surface area contributed by atoms with Crippen molar-refractivity contribution >= 4 is 29.1 Å². The third kappa shape index (κ3) is 3.75. The summed E-state index contributed by atoms with van der Waals surface area (Å²) in [5.74, 6) is -0.256. The fraction of sp³-hybridized carbons (Fsp3) is 0. The lowest BCUT2D eigenvalue weighted by Crippen LogP contribution is -2.03. The van der Waals surface area contributed by atoms with Gasteiger partial charge in [-0.1, -0.05) is 6.07 Å². The molecule has 0 saturated heterocycles. The number of carbonyl (C=O) groups excluding carboxylic acids is 1. The Balaban J connectivity index is 1.97. The van der Waals surface area contributed by atoms with E-state index in [-0.39, 0.29) is 11.4 Å². The van der Waals surface area contributed by atoms with E-state index in [4.69, 9.17) is 4.74 Å². The number of nitrogens with zero attached hydrogens (tertiary/aromatic N) is 1. The molecule has 0 aliphatic carbocycles. The Morgan fingerprint density at radius 3 is 2.58 bits per heavy atom. The molecule has 5 nitrogen and oxygen atoms in total. The van der Waals surface area contributed by atoms with Gasteiger partial charge in [-0.15, -0.1) is 11.3 Å². The SMILES string of the molecule is O=C(C=Cc1cccs1)Oc1ccc([N+](=O)[O-])cc1. The minimum atomic E-state index is -0.526. The van der Waals surface area contributed by atoms with Crippen LogP contribution in [0.2, 0.25) is 0 Å². The zero-order valence-corrected chi connectivity index (χ0v) is 10.5. The van der Waals surface area contributed by atoms with Crippen molar-refractivity contribution in [2.75, 3.05) is 0 Å². The van der Waals surface area contributed by atoms with Crippen LogP contribution in [-0.4, -0.2) is 10.9 Å². The van der Waals surface area contributed by atoms with Crippen molar-refractivity contribution in [1.29, 1.82) is 0 Å². The van der Waals surface area contributed by atoms with E-state index in [1.54, 1.807) is 6.08 Å². The molecule has 0 spiro atoms. The quantitative estimate of drug-likeness (QED) is 0.282. The highest BCUT2D eigenvalue weighted by Gasteiger charge is 2.06. The summed E-state index contributed by atoms with van der Waals surface area (Å²) >= 11 is 1.51. The predicted octanol–water partition coefficient (Wildman–Crippen LogP) is 3.28. The zero-order chi connectivity index (χ0) is 13.7. The third-order valence-electron chi connectivity index (χ3n) is 2.19. The Morgan fingerprint density at radius 2 is 2.00 bits per heavy atom. The highest BCUT2D eigenvalue weighted by Crippen LogP contribution is 2.17. The van der Waals surface area contributed by atoms with Crippen molar-refractivity contribution in [2.45, 2.75) is 0 Å². The van der Waals surface area contributed by atoms with Gasteiger partial charge in [0.15, 0.2) is 0 Å². The Hall–Kier alpha value is -2.47. The van der Waals surface area contributed by atoms with Crippen LogP contribution in [-0.2, 0) is 4.79 Å². The molecule has 0 radical (unpaired) electrons. The van der Waals surface area contributed by atoms with E-state index in [1.165, 1.54) is 41.7 Å². The van der Waals surface area contributed by atoms with Gasteiger partial charge in [0.05, 0.1) is 4.92 Å². The molecule has 0 unspecified atom stereocenters. The van der Waals surface area contributed by atoms with Crippen LogP contribution in [0, 0.1) is 10.1 Å². The summed E-state index contributed by atoms with van der Waals surface area (Å²) in [7, 11) is 0. The Labute approximate surface area is 112 Å². The maximum absolute atomic E-state index is 11.5. The number of hydrogen-bond donors (Lipinski definition) is 0. The van der Waals surface area contributed by atoms with Crippen molar-refractivity contribution in [3.05, 3.63) is 62.8 Å². The molecule has 0 amide bonds. The lowest BCUT2D eigenvalue weighted by Gasteiger charge is -2.00. The van der Waals surface area contributed by atoms with Crippen LogP contribution in [0.4, 0.5) is 5.69 Å². The van der Waals surface area contributed by atoms with E-state index < -0.39 is 10.9 Å². The Bertz CT molecular complexity index is 602. The number of ether oxygens (including phenoxy) is 1. The molecular weight excluding hydrogens is 266 g/mol. The first-order valence-electron chi connectivity index (χ1n) is 5.33.